The molecule has 0 radical (unpaired) electrons. The van der Waals surface area contributed by atoms with Crippen LogP contribution in [0.1, 0.15) is 83.3 Å². The highest BCUT2D eigenvalue weighted by Gasteiger charge is 2.25. The van der Waals surface area contributed by atoms with Gasteiger partial charge >= 0.3 is 12.0 Å². The lowest BCUT2D eigenvalue weighted by molar-refractivity contribution is 0.0941. The van der Waals surface area contributed by atoms with E-state index in [9.17, 15) is 32.0 Å². The fourth-order valence-electron chi connectivity index (χ4n) is 10.9. The molecule has 4 amide bonds. The van der Waals surface area contributed by atoms with Crippen molar-refractivity contribution >= 4 is 124 Å². The monoisotopic (exact) mass is 1580 g/mol. The van der Waals surface area contributed by atoms with Crippen molar-refractivity contribution in [1.29, 1.82) is 0 Å². The van der Waals surface area contributed by atoms with E-state index in [2.05, 4.69) is 68.3 Å². The maximum absolute atomic E-state index is 13.8. The van der Waals surface area contributed by atoms with Crippen molar-refractivity contribution in [3.63, 3.8) is 0 Å². The first-order chi connectivity index (χ1) is 53.3. The molecule has 566 valence electrons. The van der Waals surface area contributed by atoms with Crippen LogP contribution in [0.15, 0.2) is 218 Å². The molecule has 25 nitrogen and oxygen atoms in total. The molecule has 14 rings (SSSR count). The van der Waals surface area contributed by atoms with E-state index in [0.29, 0.717) is 99.2 Å². The molecule has 13 aromatic rings. The van der Waals surface area contributed by atoms with Gasteiger partial charge in [-0.1, -0.05) is 136 Å². The summed E-state index contributed by atoms with van der Waals surface area (Å²) in [5.41, 5.74) is 6.57. The molecule has 0 saturated carbocycles. The van der Waals surface area contributed by atoms with Gasteiger partial charge < -0.3 is 58.7 Å². The highest BCUT2D eigenvalue weighted by Crippen LogP contribution is 2.36. The number of furan rings is 1. The Hall–Kier alpha value is -12.1. The average Bonchev–Trinajstić information content (AvgIpc) is 1.43. The summed E-state index contributed by atoms with van der Waals surface area (Å²) in [6.45, 7) is 7.09. The summed E-state index contributed by atoms with van der Waals surface area (Å²) in [7, 11) is 2.93. The molecular weight excluding hydrogens is 1510 g/mol. The van der Waals surface area contributed by atoms with Gasteiger partial charge in [0.2, 0.25) is 17.5 Å². The van der Waals surface area contributed by atoms with Crippen LogP contribution < -0.4 is 50.0 Å². The molecule has 110 heavy (non-hydrogen) atoms. The Kier molecular flexibility index (Phi) is 27.4. The molecule has 0 bridgehead atoms. The smallest absolute Gasteiger partial charge is 0.319 e. The molecule has 0 atom stereocenters. The number of hydrogen-bond acceptors (Lipinski definition) is 23. The lowest BCUT2D eigenvalue weighted by atomic mass is 9.97. The fraction of sp³-hybridized carbons (Fsp3) is 0.190. The van der Waals surface area contributed by atoms with E-state index in [1.807, 2.05) is 116 Å². The topological polar surface area (TPSA) is 313 Å². The number of hydrogen-bond donors (Lipinski definition) is 5. The number of para-hydroxylation sites is 3. The van der Waals surface area contributed by atoms with E-state index in [1.54, 1.807) is 105 Å². The van der Waals surface area contributed by atoms with Gasteiger partial charge in [-0.3, -0.25) is 19.1 Å². The first-order valence-electron chi connectivity index (χ1n) is 34.3. The van der Waals surface area contributed by atoms with Gasteiger partial charge in [0.05, 0.1) is 88.7 Å². The molecule has 1 aliphatic rings. The lowest BCUT2D eigenvalue weighted by Crippen LogP contribution is -2.39. The first kappa shape index (κ1) is 79.0. The van der Waals surface area contributed by atoms with Gasteiger partial charge in [0, 0.05) is 61.2 Å². The number of carbonyl (C=O) groups excluding carboxylic acids is 4. The number of rotatable bonds is 24. The van der Waals surface area contributed by atoms with Crippen LogP contribution in [-0.2, 0) is 23.0 Å². The predicted octanol–water partition coefficient (Wildman–Crippen LogP) is 16.6. The van der Waals surface area contributed by atoms with Crippen LogP contribution in [0.4, 0.5) is 37.2 Å². The Labute approximate surface area is 650 Å². The molecule has 0 spiro atoms. The minimum absolute atomic E-state index is 0.00262. The summed E-state index contributed by atoms with van der Waals surface area (Å²) < 4.78 is 74.4. The van der Waals surface area contributed by atoms with Gasteiger partial charge in [0.15, 0.2) is 39.7 Å². The van der Waals surface area contributed by atoms with Gasteiger partial charge in [-0.25, -0.2) is 27.6 Å². The van der Waals surface area contributed by atoms with Crippen LogP contribution in [0.25, 0.3) is 39.2 Å². The van der Waals surface area contributed by atoms with E-state index in [4.69, 9.17) is 44.3 Å². The number of methoxy groups -OCH3 is 2. The van der Waals surface area contributed by atoms with Gasteiger partial charge in [-0.15, -0.1) is 11.3 Å². The van der Waals surface area contributed by atoms with Crippen molar-refractivity contribution < 1.29 is 59.7 Å². The quantitative estimate of drug-likeness (QED) is 0.0351. The van der Waals surface area contributed by atoms with E-state index < -0.39 is 21.7 Å². The van der Waals surface area contributed by atoms with Gasteiger partial charge in [0.25, 0.3) is 21.8 Å². The second-order valence-corrected chi connectivity index (χ2v) is 29.4. The summed E-state index contributed by atoms with van der Waals surface area (Å²) in [6, 6.07) is 52.3. The maximum Gasteiger partial charge on any atom is 0.319 e. The van der Waals surface area contributed by atoms with Crippen LogP contribution >= 0.6 is 45.6 Å². The summed E-state index contributed by atoms with van der Waals surface area (Å²) in [5, 5.41) is 24.9. The van der Waals surface area contributed by atoms with E-state index in [1.165, 1.54) is 58.0 Å². The van der Waals surface area contributed by atoms with E-state index in [0.717, 1.165) is 63.6 Å². The molecule has 1 fully saturated rings. The second kappa shape index (κ2) is 38.1. The number of aromatic nitrogens is 6. The van der Waals surface area contributed by atoms with Crippen molar-refractivity contribution in [3.05, 3.63) is 265 Å². The largest absolute Gasteiger partial charge is 0.493 e. The molecular formula is C79H75ClFN13O12S4. The Bertz CT molecular complexity index is 5330. The summed E-state index contributed by atoms with van der Waals surface area (Å²) in [6.07, 6.45) is 6.81. The number of ketones is 1. The van der Waals surface area contributed by atoms with Crippen molar-refractivity contribution in [2.75, 3.05) is 79.7 Å². The van der Waals surface area contributed by atoms with Gasteiger partial charge in [0.1, 0.15) is 11.5 Å². The number of thiophene rings is 2. The SMILES string of the molecule is CCOc1ncc(NC(=O)c2c(F)cccc2Cl)c(N(C)C)n1.COc1cccc(NC(=O)NCC2CCN(c3nc4ccccc4s3)CC2)c1OC.Cc1ccc(/C=C/S(=O)(=O)Nc2ccccc2Cc2nc(-c3ccco3)no2)cc1.O=C(NCc1ccc(C(=O)c2ccsc2)s1)c1cc(-c2ccccc2)on1. The molecule has 5 N–H and O–H groups in total. The minimum Gasteiger partial charge on any atom is -0.493 e. The molecule has 0 unspecified atom stereocenters. The van der Waals surface area contributed by atoms with Crippen LogP contribution in [0.3, 0.4) is 0 Å². The van der Waals surface area contributed by atoms with Crippen LogP contribution in [0.5, 0.6) is 17.5 Å². The number of aryl methyl sites for hydroxylation is 1. The predicted molar refractivity (Wildman–Crippen MR) is 427 cm³/mol. The minimum atomic E-state index is -3.70. The Balaban J connectivity index is 0.000000146. The molecule has 8 heterocycles. The number of ether oxygens (including phenoxy) is 3. The first-order valence-corrected chi connectivity index (χ1v) is 38.8. The van der Waals surface area contributed by atoms with Crippen LogP contribution in [-0.4, -0.2) is 117 Å². The Morgan fingerprint density at radius 2 is 1.52 bits per heavy atom. The second-order valence-electron chi connectivity index (χ2n) is 24.5. The Morgan fingerprint density at radius 1 is 0.755 bits per heavy atom. The van der Waals surface area contributed by atoms with E-state index >= 15 is 0 Å². The number of nitrogens with one attached hydrogen (secondary N) is 5. The zero-order valence-corrected chi connectivity index (χ0v) is 64.3. The Morgan fingerprint density at radius 3 is 2.25 bits per heavy atom. The number of fused-ring (bicyclic) bond motifs is 1. The number of carbonyl (C=O) groups is 4. The van der Waals surface area contributed by atoms with Crippen molar-refractivity contribution in [2.24, 2.45) is 5.92 Å². The lowest BCUT2D eigenvalue weighted by Gasteiger charge is -2.31. The number of anilines is 5. The molecule has 0 aliphatic carbocycles. The number of piperidine rings is 1. The number of nitrogens with zero attached hydrogens (tertiary/aromatic N) is 8. The normalized spacial score (nSPS) is 11.9. The van der Waals surface area contributed by atoms with Crippen molar-refractivity contribution in [3.8, 4) is 40.4 Å². The number of urea groups is 1. The summed E-state index contributed by atoms with van der Waals surface area (Å²) >= 11 is 10.5. The number of halogens is 2. The number of thiazole rings is 1. The zero-order chi connectivity index (χ0) is 77.5. The highest BCUT2D eigenvalue weighted by molar-refractivity contribution is 7.95. The molecule has 31 heteroatoms. The van der Waals surface area contributed by atoms with Crippen molar-refractivity contribution in [1.82, 2.24) is 40.9 Å². The van der Waals surface area contributed by atoms with Crippen molar-refractivity contribution in [2.45, 2.75) is 39.7 Å². The number of benzene rings is 6. The average molecular weight is 1580 g/mol. The summed E-state index contributed by atoms with van der Waals surface area (Å²) in [4.78, 5) is 72.1. The maximum atomic E-state index is 13.8. The standard InChI is InChI=1S/C22H26N4O3S.C22H19N3O4S.C20H14N2O3S2.C15H16ClFN4O2/c1-28-18-8-5-7-17(20(18)29-2)24-21(27)23-14-15-10-12-26(13-11-15)22-25-16-6-3-4-9-19(16)30-22;1-16-8-10-17(11-9-16)12-14-30(26,27)25-19-6-3-2-5-18(19)15-21-23-22(24-29-21)20-7-4-13-28-20;23-19(14-8-9-26-12-14)18-7-6-15(27-18)11-21-20(24)16-10-17(25-22-16)13-4-2-1-3-5-13;1-4-23-15-18-8-11(13(20-15)21(2)3)19-14(22)12-9(16)6-5-7-10(12)17/h3-9,15H,10-14H2,1-2H3,(H2,23,24,27);2-14,25H,15H2,1H3;1-10,12H,11H2,(H,21,24);5-8H,4H2,1-3H3,(H,19,22)/b;14-12+;;. The third-order valence-electron chi connectivity index (χ3n) is 16.5. The third kappa shape index (κ3) is 21.6. The number of amides is 4. The molecule has 7 aromatic heterocycles. The molecule has 6 aromatic carbocycles. The van der Waals surface area contributed by atoms with Gasteiger partial charge in [-0.2, -0.15) is 21.3 Å². The van der Waals surface area contributed by atoms with E-state index in [-0.39, 0.29) is 46.4 Å². The van der Waals surface area contributed by atoms with Gasteiger partial charge in [-0.05, 0) is 128 Å². The third-order valence-corrected chi connectivity index (χ3v) is 20.7. The molecule has 1 saturated heterocycles. The zero-order valence-electron chi connectivity index (χ0n) is 60.3. The van der Waals surface area contributed by atoms with Crippen LogP contribution in [0, 0.1) is 18.7 Å². The highest BCUT2D eigenvalue weighted by atomic mass is 35.5. The summed E-state index contributed by atoms with van der Waals surface area (Å²) in [5.74, 6) is 2.02. The number of sulfonamides is 1. The fourth-order valence-corrected chi connectivity index (χ4v) is 14.6. The molecule has 1 aliphatic heterocycles. The van der Waals surface area contributed by atoms with Crippen LogP contribution in [0.2, 0.25) is 5.02 Å².